The summed E-state index contributed by atoms with van der Waals surface area (Å²) in [7, 11) is 1.87. The van der Waals surface area contributed by atoms with Crippen LogP contribution < -0.4 is 4.90 Å². The number of H-pyrrole nitrogens is 1. The average Bonchev–Trinajstić information content (AvgIpc) is 3.58. The van der Waals surface area contributed by atoms with Gasteiger partial charge in [-0.15, -0.1) is 0 Å². The molecule has 0 radical (unpaired) electrons. The van der Waals surface area contributed by atoms with Gasteiger partial charge in [-0.25, -0.2) is 19.4 Å². The predicted octanol–water partition coefficient (Wildman–Crippen LogP) is 3.03. The van der Waals surface area contributed by atoms with E-state index in [0.29, 0.717) is 36.3 Å². The molecule has 0 amide bonds. The molecule has 0 aliphatic carbocycles. The number of nitrogens with zero attached hydrogens (tertiary/aromatic N) is 7. The van der Waals surface area contributed by atoms with E-state index in [1.54, 1.807) is 41.5 Å². The molecule has 0 unspecified atom stereocenters. The summed E-state index contributed by atoms with van der Waals surface area (Å²) in [6.07, 6.45) is 9.97. The monoisotopic (exact) mass is 519 g/mol. The molecule has 3 N–H and O–H groups in total. The molecule has 1 atom stereocenters. The van der Waals surface area contributed by atoms with Crippen LogP contribution in [0.4, 0.5) is 10.3 Å². The van der Waals surface area contributed by atoms with Crippen LogP contribution in [0, 0.1) is 11.2 Å². The number of aryl methyl sites for hydroxylation is 1. The Morgan fingerprint density at radius 2 is 2.05 bits per heavy atom. The Morgan fingerprint density at radius 1 is 1.24 bits per heavy atom. The molecule has 1 aliphatic rings. The van der Waals surface area contributed by atoms with Gasteiger partial charge in [-0.3, -0.25) is 10.1 Å². The summed E-state index contributed by atoms with van der Waals surface area (Å²) in [5.74, 6) is 0.840. The number of aliphatic hydroxyl groups excluding tert-OH is 1. The van der Waals surface area contributed by atoms with Gasteiger partial charge in [-0.2, -0.15) is 5.10 Å². The van der Waals surface area contributed by atoms with Crippen molar-refractivity contribution in [2.24, 2.45) is 12.0 Å². The number of aromatic amines is 1. The molecule has 37 heavy (non-hydrogen) atoms. The molecule has 3 aromatic heterocycles. The highest BCUT2D eigenvalue weighted by Gasteiger charge is 2.31. The summed E-state index contributed by atoms with van der Waals surface area (Å²) < 4.78 is 15.7. The van der Waals surface area contributed by atoms with Crippen molar-refractivity contribution in [2.75, 3.05) is 31.1 Å². The van der Waals surface area contributed by atoms with Crippen molar-refractivity contribution >= 4 is 29.9 Å². The maximum atomic E-state index is 14.0. The van der Waals surface area contributed by atoms with E-state index in [4.69, 9.17) is 5.41 Å². The number of amidine groups is 1. The van der Waals surface area contributed by atoms with Gasteiger partial charge in [0.1, 0.15) is 12.2 Å². The van der Waals surface area contributed by atoms with Crippen molar-refractivity contribution in [3.63, 3.8) is 0 Å². The zero-order chi connectivity index (χ0) is 25.8. The van der Waals surface area contributed by atoms with Gasteiger partial charge in [0.2, 0.25) is 5.95 Å². The first kappa shape index (κ1) is 24.7. The molecule has 1 aromatic carbocycles. The van der Waals surface area contributed by atoms with Gasteiger partial charge in [-0.1, -0.05) is 23.9 Å². The summed E-state index contributed by atoms with van der Waals surface area (Å²) in [5.41, 5.74) is 2.73. The highest BCUT2D eigenvalue weighted by molar-refractivity contribution is 7.99. The number of aromatic nitrogens is 5. The van der Waals surface area contributed by atoms with Crippen LogP contribution >= 0.6 is 11.8 Å². The van der Waals surface area contributed by atoms with E-state index in [1.165, 1.54) is 17.8 Å². The zero-order valence-electron chi connectivity index (χ0n) is 20.1. The second kappa shape index (κ2) is 10.9. The van der Waals surface area contributed by atoms with E-state index < -0.39 is 0 Å². The minimum atomic E-state index is -0.287. The van der Waals surface area contributed by atoms with Crippen molar-refractivity contribution in [1.82, 2.24) is 29.6 Å². The van der Waals surface area contributed by atoms with Gasteiger partial charge in [0.25, 0.3) is 0 Å². The fourth-order valence-electron chi connectivity index (χ4n) is 4.28. The van der Waals surface area contributed by atoms with Gasteiger partial charge in [0, 0.05) is 72.4 Å². The zero-order valence-corrected chi connectivity index (χ0v) is 20.9. The number of hydrogen-bond acceptors (Lipinski definition) is 7. The van der Waals surface area contributed by atoms with Crippen LogP contribution in [0.15, 0.2) is 76.1 Å². The van der Waals surface area contributed by atoms with Crippen molar-refractivity contribution < 1.29 is 9.50 Å². The summed E-state index contributed by atoms with van der Waals surface area (Å²) in [6, 6.07) is 8.28. The maximum Gasteiger partial charge on any atom is 0.225 e. The highest BCUT2D eigenvalue weighted by Crippen LogP contribution is 2.29. The first-order chi connectivity index (χ1) is 18.1. The number of rotatable bonds is 7. The van der Waals surface area contributed by atoms with E-state index in [-0.39, 0.29) is 18.5 Å². The third kappa shape index (κ3) is 5.39. The summed E-state index contributed by atoms with van der Waals surface area (Å²) in [6.45, 7) is 1.52. The lowest BCUT2D eigenvalue weighted by Crippen LogP contribution is -2.57. The minimum absolute atomic E-state index is 0.102. The van der Waals surface area contributed by atoms with Crippen molar-refractivity contribution in [1.29, 1.82) is 5.41 Å². The molecule has 1 saturated heterocycles. The lowest BCUT2D eigenvalue weighted by atomic mass is 10.1. The SMILES string of the molecule is Cn1cc(-c2c[nH]c(C(=NC=N)N3CCN(c4ncc(Sc5ccccc5F)cn4)[C@H](CO)C3)c2)cn1. The van der Waals surface area contributed by atoms with E-state index in [0.717, 1.165) is 28.1 Å². The van der Waals surface area contributed by atoms with Crippen LogP contribution in [0.2, 0.25) is 0 Å². The second-order valence-electron chi connectivity index (χ2n) is 8.51. The Morgan fingerprint density at radius 3 is 2.76 bits per heavy atom. The molecule has 10 nitrogen and oxygen atoms in total. The number of nitrogens with one attached hydrogen (secondary N) is 2. The first-order valence-corrected chi connectivity index (χ1v) is 12.5. The number of aliphatic hydroxyl groups is 1. The van der Waals surface area contributed by atoms with Crippen molar-refractivity contribution in [3.05, 3.63) is 72.8 Å². The third-order valence-corrected chi connectivity index (χ3v) is 7.08. The van der Waals surface area contributed by atoms with E-state index >= 15 is 0 Å². The standard InChI is InChI=1S/C25H26FN9OS/c1-33-13-18(10-32-33)17-8-22(28-9-17)24(31-16-27)34-6-7-35(19(14-34)15-36)25-29-11-20(12-30-25)37-23-5-3-2-4-21(23)26/h2-5,8-13,16,19,27-28,36H,6-7,14-15H2,1H3/t19-/m0/s1. The molecule has 4 heterocycles. The van der Waals surface area contributed by atoms with E-state index in [9.17, 15) is 9.50 Å². The molecule has 0 spiro atoms. The van der Waals surface area contributed by atoms with Crippen LogP contribution in [-0.2, 0) is 7.05 Å². The molecule has 0 bridgehead atoms. The minimum Gasteiger partial charge on any atom is -0.394 e. The number of anilines is 1. The molecule has 5 rings (SSSR count). The molecule has 1 aliphatic heterocycles. The third-order valence-electron chi connectivity index (χ3n) is 6.08. The highest BCUT2D eigenvalue weighted by atomic mass is 32.2. The maximum absolute atomic E-state index is 14.0. The van der Waals surface area contributed by atoms with Crippen LogP contribution in [0.1, 0.15) is 5.69 Å². The Balaban J connectivity index is 1.30. The van der Waals surface area contributed by atoms with Crippen molar-refractivity contribution in [2.45, 2.75) is 15.8 Å². The number of piperazine rings is 1. The normalized spacial score (nSPS) is 16.3. The van der Waals surface area contributed by atoms with Crippen LogP contribution in [-0.4, -0.2) is 79.2 Å². The summed E-state index contributed by atoms with van der Waals surface area (Å²) in [4.78, 5) is 21.8. The lowest BCUT2D eigenvalue weighted by Gasteiger charge is -2.41. The molecule has 190 valence electrons. The number of hydrogen-bond donors (Lipinski definition) is 3. The number of benzene rings is 1. The van der Waals surface area contributed by atoms with Gasteiger partial charge in [0.15, 0.2) is 5.84 Å². The lowest BCUT2D eigenvalue weighted by molar-refractivity contribution is 0.212. The van der Waals surface area contributed by atoms with Gasteiger partial charge in [0.05, 0.1) is 24.5 Å². The summed E-state index contributed by atoms with van der Waals surface area (Å²) >= 11 is 1.26. The predicted molar refractivity (Wildman–Crippen MR) is 141 cm³/mol. The molecule has 12 heteroatoms. The van der Waals surface area contributed by atoms with E-state index in [2.05, 4.69) is 25.0 Å². The second-order valence-corrected chi connectivity index (χ2v) is 9.63. The fraction of sp³-hybridized carbons (Fsp3) is 0.240. The van der Waals surface area contributed by atoms with Crippen molar-refractivity contribution in [3.8, 4) is 11.1 Å². The quantitative estimate of drug-likeness (QED) is 0.253. The topological polar surface area (TPSA) is 122 Å². The summed E-state index contributed by atoms with van der Waals surface area (Å²) in [5, 5.41) is 22.0. The molecule has 4 aromatic rings. The molecular formula is C25H26FN9OS. The molecular weight excluding hydrogens is 493 g/mol. The van der Waals surface area contributed by atoms with Crippen LogP contribution in [0.3, 0.4) is 0 Å². The van der Waals surface area contributed by atoms with E-state index in [1.807, 2.05) is 35.3 Å². The smallest absolute Gasteiger partial charge is 0.225 e. The Hall–Kier alpha value is -4.03. The Bertz CT molecular complexity index is 1400. The number of halogens is 1. The molecule has 0 saturated carbocycles. The largest absolute Gasteiger partial charge is 0.394 e. The van der Waals surface area contributed by atoms with Crippen LogP contribution in [0.5, 0.6) is 0 Å². The average molecular weight is 520 g/mol. The van der Waals surface area contributed by atoms with Gasteiger partial charge < -0.3 is 19.9 Å². The fourth-order valence-corrected chi connectivity index (χ4v) is 5.05. The van der Waals surface area contributed by atoms with Gasteiger partial charge >= 0.3 is 0 Å². The first-order valence-electron chi connectivity index (χ1n) is 11.7. The van der Waals surface area contributed by atoms with Gasteiger partial charge in [-0.05, 0) is 18.2 Å². The number of aliphatic imine (C=N–C) groups is 1. The Labute approximate surface area is 217 Å². The Kier molecular flexibility index (Phi) is 7.28. The molecule has 1 fully saturated rings. The van der Waals surface area contributed by atoms with Crippen LogP contribution in [0.25, 0.3) is 11.1 Å².